The molecule has 1 amide bonds. The van der Waals surface area contributed by atoms with Crippen LogP contribution < -0.4 is 4.74 Å². The van der Waals surface area contributed by atoms with Gasteiger partial charge in [0.05, 0.1) is 0 Å². The van der Waals surface area contributed by atoms with Gasteiger partial charge in [-0.05, 0) is 37.3 Å². The number of piperidine rings is 1. The average Bonchev–Trinajstić information content (AvgIpc) is 2.67. The number of hydrogen-bond donors (Lipinski definition) is 0. The van der Waals surface area contributed by atoms with Gasteiger partial charge in [0, 0.05) is 18.2 Å². The third-order valence-electron chi connectivity index (χ3n) is 4.74. The van der Waals surface area contributed by atoms with Gasteiger partial charge < -0.3 is 9.64 Å². The van der Waals surface area contributed by atoms with Crippen LogP contribution in [0.2, 0.25) is 0 Å². The lowest BCUT2D eigenvalue weighted by molar-refractivity contribution is -0.137. The van der Waals surface area contributed by atoms with Gasteiger partial charge in [-0.25, -0.2) is 0 Å². The minimum Gasteiger partial charge on any atom is -0.483 e. The molecule has 0 N–H and O–H groups in total. The number of amides is 1. The number of likely N-dealkylation sites (tertiary alicyclic amines) is 1. The zero-order valence-electron chi connectivity index (χ0n) is 14.3. The van der Waals surface area contributed by atoms with Crippen molar-refractivity contribution < 1.29 is 9.53 Å². The van der Waals surface area contributed by atoms with Gasteiger partial charge in [-0.2, -0.15) is 0 Å². The molecule has 2 aromatic carbocycles. The minimum atomic E-state index is 0.101. The molecule has 0 saturated carbocycles. The van der Waals surface area contributed by atoms with E-state index in [-0.39, 0.29) is 12.5 Å². The van der Waals surface area contributed by atoms with Gasteiger partial charge in [0.1, 0.15) is 5.75 Å². The van der Waals surface area contributed by atoms with Crippen molar-refractivity contribution in [2.75, 3.05) is 13.2 Å². The van der Waals surface area contributed by atoms with Gasteiger partial charge in [0.2, 0.25) is 0 Å². The van der Waals surface area contributed by atoms with Crippen molar-refractivity contribution in [2.45, 2.75) is 38.6 Å². The van der Waals surface area contributed by atoms with E-state index in [4.69, 9.17) is 4.74 Å². The van der Waals surface area contributed by atoms with E-state index in [1.165, 1.54) is 6.42 Å². The Labute approximate surface area is 144 Å². The summed E-state index contributed by atoms with van der Waals surface area (Å²) in [6.07, 6.45) is 4.46. The monoisotopic (exact) mass is 323 g/mol. The normalized spacial score (nSPS) is 17.5. The van der Waals surface area contributed by atoms with E-state index in [0.717, 1.165) is 42.7 Å². The Bertz CT molecular complexity index is 669. The molecular formula is C21H25NO2. The summed E-state index contributed by atoms with van der Waals surface area (Å²) in [6.45, 7) is 3.13. The first-order chi connectivity index (χ1) is 11.8. The quantitative estimate of drug-likeness (QED) is 0.809. The molecule has 0 aliphatic carbocycles. The second kappa shape index (κ2) is 8.00. The first kappa shape index (κ1) is 16.6. The molecule has 0 aromatic heterocycles. The van der Waals surface area contributed by atoms with Gasteiger partial charge in [0.25, 0.3) is 5.91 Å². The predicted molar refractivity (Wildman–Crippen MR) is 97.0 cm³/mol. The molecule has 2 aromatic rings. The number of carbonyl (C=O) groups is 1. The number of benzene rings is 2. The fourth-order valence-corrected chi connectivity index (χ4v) is 3.42. The van der Waals surface area contributed by atoms with Crippen molar-refractivity contribution >= 4 is 5.91 Å². The largest absolute Gasteiger partial charge is 0.483 e. The van der Waals surface area contributed by atoms with Crippen LogP contribution in [0, 0.1) is 0 Å². The smallest absolute Gasteiger partial charge is 0.260 e. The van der Waals surface area contributed by atoms with Crippen molar-refractivity contribution in [3.05, 3.63) is 54.6 Å². The molecule has 24 heavy (non-hydrogen) atoms. The Hall–Kier alpha value is -2.29. The Morgan fingerprint density at radius 3 is 2.62 bits per heavy atom. The molecule has 1 saturated heterocycles. The van der Waals surface area contributed by atoms with Crippen LogP contribution in [0.1, 0.15) is 32.6 Å². The zero-order chi connectivity index (χ0) is 16.8. The lowest BCUT2D eigenvalue weighted by Crippen LogP contribution is -2.45. The average molecular weight is 323 g/mol. The van der Waals surface area contributed by atoms with Crippen LogP contribution in [-0.4, -0.2) is 30.0 Å². The summed E-state index contributed by atoms with van der Waals surface area (Å²) in [6, 6.07) is 18.4. The first-order valence-corrected chi connectivity index (χ1v) is 8.86. The van der Waals surface area contributed by atoms with E-state index in [0.29, 0.717) is 6.04 Å². The van der Waals surface area contributed by atoms with Crippen molar-refractivity contribution in [3.8, 4) is 16.9 Å². The number of rotatable bonds is 5. The van der Waals surface area contributed by atoms with Crippen LogP contribution in [0.3, 0.4) is 0 Å². The van der Waals surface area contributed by atoms with Gasteiger partial charge in [-0.15, -0.1) is 0 Å². The minimum absolute atomic E-state index is 0.101. The summed E-state index contributed by atoms with van der Waals surface area (Å²) >= 11 is 0. The van der Waals surface area contributed by atoms with Crippen molar-refractivity contribution in [1.29, 1.82) is 0 Å². The molecule has 1 fully saturated rings. The molecule has 126 valence electrons. The Balaban J connectivity index is 1.70. The maximum atomic E-state index is 12.6. The molecule has 0 spiro atoms. The number of hydrogen-bond acceptors (Lipinski definition) is 2. The molecule has 3 rings (SSSR count). The molecule has 1 atom stereocenters. The lowest BCUT2D eigenvalue weighted by Gasteiger charge is -2.35. The number of nitrogens with zero attached hydrogens (tertiary/aromatic N) is 1. The van der Waals surface area contributed by atoms with Gasteiger partial charge in [0.15, 0.2) is 6.61 Å². The summed E-state index contributed by atoms with van der Waals surface area (Å²) in [5, 5.41) is 0. The van der Waals surface area contributed by atoms with E-state index in [1.807, 2.05) is 47.4 Å². The van der Waals surface area contributed by atoms with Gasteiger partial charge in [-0.3, -0.25) is 4.79 Å². The van der Waals surface area contributed by atoms with E-state index in [1.54, 1.807) is 0 Å². The van der Waals surface area contributed by atoms with Crippen molar-refractivity contribution in [3.63, 3.8) is 0 Å². The Kier molecular flexibility index (Phi) is 5.52. The molecule has 3 nitrogen and oxygen atoms in total. The topological polar surface area (TPSA) is 29.5 Å². The number of ether oxygens (including phenoxy) is 1. The fourth-order valence-electron chi connectivity index (χ4n) is 3.42. The highest BCUT2D eigenvalue weighted by Crippen LogP contribution is 2.29. The SMILES string of the molecule is CCC1CCCCN1C(=O)COc1ccccc1-c1ccccc1. The summed E-state index contributed by atoms with van der Waals surface area (Å²) in [5.74, 6) is 0.867. The summed E-state index contributed by atoms with van der Waals surface area (Å²) in [7, 11) is 0. The maximum absolute atomic E-state index is 12.6. The molecule has 3 heteroatoms. The lowest BCUT2D eigenvalue weighted by atomic mass is 10.00. The summed E-state index contributed by atoms with van der Waals surface area (Å²) in [5.41, 5.74) is 2.13. The molecule has 1 aliphatic rings. The van der Waals surface area contributed by atoms with Crippen LogP contribution >= 0.6 is 0 Å². The molecular weight excluding hydrogens is 298 g/mol. The van der Waals surface area contributed by atoms with Crippen LogP contribution in [0.4, 0.5) is 0 Å². The zero-order valence-corrected chi connectivity index (χ0v) is 14.3. The Morgan fingerprint density at radius 2 is 1.83 bits per heavy atom. The molecule has 0 radical (unpaired) electrons. The second-order valence-electron chi connectivity index (χ2n) is 6.30. The predicted octanol–water partition coefficient (Wildman–Crippen LogP) is 4.52. The molecule has 0 bridgehead atoms. The standard InChI is InChI=1S/C21H25NO2/c1-2-18-12-8-9-15-22(18)21(23)16-24-20-14-7-6-13-19(20)17-10-4-3-5-11-17/h3-7,10-11,13-14,18H,2,8-9,12,15-16H2,1H3. The van der Waals surface area contributed by atoms with Crippen molar-refractivity contribution in [1.82, 2.24) is 4.90 Å². The fraction of sp³-hybridized carbons (Fsp3) is 0.381. The van der Waals surface area contributed by atoms with E-state index in [9.17, 15) is 4.79 Å². The summed E-state index contributed by atoms with van der Waals surface area (Å²) < 4.78 is 5.91. The third kappa shape index (κ3) is 3.78. The van der Waals surface area contributed by atoms with Gasteiger partial charge >= 0.3 is 0 Å². The highest BCUT2D eigenvalue weighted by Gasteiger charge is 2.25. The van der Waals surface area contributed by atoms with Gasteiger partial charge in [-0.1, -0.05) is 55.5 Å². The first-order valence-electron chi connectivity index (χ1n) is 8.86. The highest BCUT2D eigenvalue weighted by atomic mass is 16.5. The van der Waals surface area contributed by atoms with E-state index < -0.39 is 0 Å². The van der Waals surface area contributed by atoms with Crippen LogP contribution in [0.5, 0.6) is 5.75 Å². The van der Waals surface area contributed by atoms with Crippen LogP contribution in [0.15, 0.2) is 54.6 Å². The van der Waals surface area contributed by atoms with E-state index in [2.05, 4.69) is 19.1 Å². The number of para-hydroxylation sites is 1. The highest BCUT2D eigenvalue weighted by molar-refractivity contribution is 5.79. The molecule has 1 aliphatic heterocycles. The number of carbonyl (C=O) groups excluding carboxylic acids is 1. The molecule has 1 unspecified atom stereocenters. The summed E-state index contributed by atoms with van der Waals surface area (Å²) in [4.78, 5) is 14.6. The third-order valence-corrected chi connectivity index (χ3v) is 4.74. The van der Waals surface area contributed by atoms with Crippen LogP contribution in [-0.2, 0) is 4.79 Å². The second-order valence-corrected chi connectivity index (χ2v) is 6.30. The van der Waals surface area contributed by atoms with Crippen LogP contribution in [0.25, 0.3) is 11.1 Å². The Morgan fingerprint density at radius 1 is 1.08 bits per heavy atom. The molecule has 1 heterocycles. The van der Waals surface area contributed by atoms with Crippen molar-refractivity contribution in [2.24, 2.45) is 0 Å². The maximum Gasteiger partial charge on any atom is 0.260 e. The van der Waals surface area contributed by atoms with E-state index >= 15 is 0 Å².